The molecular weight excluding hydrogens is 260 g/mol. The average molecular weight is 271 g/mol. The first-order chi connectivity index (χ1) is 7.10. The number of nitrogens with zero attached hydrogens (tertiary/aromatic N) is 1. The molecule has 1 rings (SSSR count). The van der Waals surface area contributed by atoms with Crippen LogP contribution in [0.5, 0.6) is 0 Å². The van der Waals surface area contributed by atoms with Gasteiger partial charge in [0.1, 0.15) is 0 Å². The summed E-state index contributed by atoms with van der Waals surface area (Å²) in [6, 6.07) is 4.87. The fraction of sp³-hybridized carbons (Fsp3) is 0.200. The highest BCUT2D eigenvalue weighted by Crippen LogP contribution is 2.23. The van der Waals surface area contributed by atoms with Crippen molar-refractivity contribution in [2.24, 2.45) is 0 Å². The molecule has 4 nitrogen and oxygen atoms in total. The van der Waals surface area contributed by atoms with Gasteiger partial charge in [0, 0.05) is 24.1 Å². The molecule has 80 valence electrons. The van der Waals surface area contributed by atoms with Gasteiger partial charge in [-0.2, -0.15) is 0 Å². The average Bonchev–Trinajstić information content (AvgIpc) is 2.27. The van der Waals surface area contributed by atoms with E-state index in [2.05, 4.69) is 21.2 Å². The number of benzene rings is 1. The maximum Gasteiger partial charge on any atom is 0.321 e. The van der Waals surface area contributed by atoms with E-state index in [0.29, 0.717) is 11.3 Å². The van der Waals surface area contributed by atoms with Crippen molar-refractivity contribution in [1.29, 1.82) is 0 Å². The number of halogens is 1. The number of urea groups is 1. The normalized spacial score (nSPS) is 9.53. The summed E-state index contributed by atoms with van der Waals surface area (Å²) in [7, 11) is 3.14. The summed E-state index contributed by atoms with van der Waals surface area (Å²) in [6.07, 6.45) is 0.723. The highest BCUT2D eigenvalue weighted by Gasteiger charge is 2.12. The minimum atomic E-state index is -0.267. The quantitative estimate of drug-likeness (QED) is 0.837. The molecule has 0 aromatic heterocycles. The molecule has 1 N–H and O–H groups in total. The Balaban J connectivity index is 3.16. The van der Waals surface area contributed by atoms with Gasteiger partial charge in [0.15, 0.2) is 6.29 Å². The molecule has 1 aromatic carbocycles. The van der Waals surface area contributed by atoms with Crippen molar-refractivity contribution in [3.8, 4) is 0 Å². The molecule has 0 aliphatic rings. The first kappa shape index (κ1) is 11.7. The molecule has 0 radical (unpaired) electrons. The van der Waals surface area contributed by atoms with Crippen LogP contribution in [0.25, 0.3) is 0 Å². The number of nitrogens with one attached hydrogen (secondary N) is 1. The molecule has 2 amide bonds. The third-order valence-corrected chi connectivity index (χ3v) is 2.49. The van der Waals surface area contributed by atoms with Crippen LogP contribution in [0.3, 0.4) is 0 Å². The predicted molar refractivity (Wildman–Crippen MR) is 62.4 cm³/mol. The number of carbonyl (C=O) groups is 2. The van der Waals surface area contributed by atoms with Crippen LogP contribution < -0.4 is 10.2 Å². The molecule has 0 fully saturated rings. The number of aldehydes is 1. The van der Waals surface area contributed by atoms with Crippen molar-refractivity contribution in [2.45, 2.75) is 0 Å². The number of hydrogen-bond acceptors (Lipinski definition) is 2. The molecule has 0 saturated carbocycles. The molecule has 0 aliphatic heterocycles. The zero-order valence-corrected chi connectivity index (χ0v) is 10.0. The van der Waals surface area contributed by atoms with Crippen LogP contribution in [0.1, 0.15) is 10.4 Å². The van der Waals surface area contributed by atoms with Crippen molar-refractivity contribution in [1.82, 2.24) is 5.32 Å². The van der Waals surface area contributed by atoms with E-state index in [1.807, 2.05) is 0 Å². The van der Waals surface area contributed by atoms with Gasteiger partial charge in [-0.1, -0.05) is 15.9 Å². The topological polar surface area (TPSA) is 49.4 Å². The Kier molecular flexibility index (Phi) is 3.85. The van der Waals surface area contributed by atoms with E-state index < -0.39 is 0 Å². The fourth-order valence-electron chi connectivity index (χ4n) is 1.18. The second kappa shape index (κ2) is 4.93. The standard InChI is InChI=1S/C10H11BrN2O2/c1-12-10(15)13(2)9-5-8(11)4-3-7(9)6-14/h3-6H,1-2H3,(H,12,15). The molecule has 1 aromatic rings. The summed E-state index contributed by atoms with van der Waals surface area (Å²) in [6.45, 7) is 0. The van der Waals surface area contributed by atoms with E-state index >= 15 is 0 Å². The lowest BCUT2D eigenvalue weighted by Crippen LogP contribution is -2.35. The van der Waals surface area contributed by atoms with Gasteiger partial charge in [-0.25, -0.2) is 4.79 Å². The lowest BCUT2D eigenvalue weighted by molar-refractivity contribution is 0.112. The van der Waals surface area contributed by atoms with E-state index in [1.165, 1.54) is 11.9 Å². The second-order valence-corrected chi connectivity index (χ2v) is 3.85. The van der Waals surface area contributed by atoms with E-state index in [1.54, 1.807) is 25.2 Å². The highest BCUT2D eigenvalue weighted by molar-refractivity contribution is 9.10. The van der Waals surface area contributed by atoms with Crippen LogP contribution in [0.15, 0.2) is 22.7 Å². The minimum absolute atomic E-state index is 0.267. The third kappa shape index (κ3) is 2.56. The molecule has 0 bridgehead atoms. The van der Waals surface area contributed by atoms with Crippen LogP contribution in [-0.2, 0) is 0 Å². The van der Waals surface area contributed by atoms with Gasteiger partial charge < -0.3 is 5.32 Å². The van der Waals surface area contributed by atoms with Gasteiger partial charge in [-0.3, -0.25) is 9.69 Å². The molecule has 0 heterocycles. The Hall–Kier alpha value is -1.36. The second-order valence-electron chi connectivity index (χ2n) is 2.94. The fourth-order valence-corrected chi connectivity index (χ4v) is 1.53. The number of anilines is 1. The number of hydrogen-bond donors (Lipinski definition) is 1. The minimum Gasteiger partial charge on any atom is -0.341 e. The van der Waals surface area contributed by atoms with Crippen LogP contribution >= 0.6 is 15.9 Å². The third-order valence-electron chi connectivity index (χ3n) is 2.00. The number of carbonyl (C=O) groups excluding carboxylic acids is 2. The molecule has 15 heavy (non-hydrogen) atoms. The number of amides is 2. The molecule has 5 heteroatoms. The Morgan fingerprint density at radius 3 is 2.73 bits per heavy atom. The van der Waals surface area contributed by atoms with Gasteiger partial charge in [0.25, 0.3) is 0 Å². The molecule has 0 spiro atoms. The SMILES string of the molecule is CNC(=O)N(C)c1cc(Br)ccc1C=O. The van der Waals surface area contributed by atoms with Crippen LogP contribution in [0, 0.1) is 0 Å². The van der Waals surface area contributed by atoms with Gasteiger partial charge in [0.05, 0.1) is 5.69 Å². The van der Waals surface area contributed by atoms with Crippen molar-refractivity contribution in [2.75, 3.05) is 19.0 Å². The summed E-state index contributed by atoms with van der Waals surface area (Å²) < 4.78 is 0.818. The van der Waals surface area contributed by atoms with Crippen molar-refractivity contribution < 1.29 is 9.59 Å². The van der Waals surface area contributed by atoms with Crippen molar-refractivity contribution in [3.05, 3.63) is 28.2 Å². The lowest BCUT2D eigenvalue weighted by atomic mass is 10.2. The molecular formula is C10H11BrN2O2. The van der Waals surface area contributed by atoms with Gasteiger partial charge in [-0.15, -0.1) is 0 Å². The maximum atomic E-state index is 11.4. The highest BCUT2D eigenvalue weighted by atomic mass is 79.9. The van der Waals surface area contributed by atoms with Crippen LogP contribution in [0.2, 0.25) is 0 Å². The Bertz CT molecular complexity index is 393. The van der Waals surface area contributed by atoms with Crippen molar-refractivity contribution >= 4 is 33.9 Å². The van der Waals surface area contributed by atoms with Gasteiger partial charge in [0.2, 0.25) is 0 Å². The van der Waals surface area contributed by atoms with E-state index in [4.69, 9.17) is 0 Å². The largest absolute Gasteiger partial charge is 0.341 e. The summed E-state index contributed by atoms with van der Waals surface area (Å²) in [5.74, 6) is 0. The molecule has 0 saturated heterocycles. The summed E-state index contributed by atoms with van der Waals surface area (Å²) >= 11 is 3.29. The van der Waals surface area contributed by atoms with Gasteiger partial charge in [-0.05, 0) is 18.2 Å². The zero-order valence-electron chi connectivity index (χ0n) is 8.45. The lowest BCUT2D eigenvalue weighted by Gasteiger charge is -2.18. The summed E-state index contributed by atoms with van der Waals surface area (Å²) in [5.41, 5.74) is 1.04. The maximum absolute atomic E-state index is 11.4. The molecule has 0 atom stereocenters. The van der Waals surface area contributed by atoms with E-state index in [9.17, 15) is 9.59 Å². The summed E-state index contributed by atoms with van der Waals surface area (Å²) in [4.78, 5) is 23.5. The molecule has 0 unspecified atom stereocenters. The Morgan fingerprint density at radius 2 is 2.20 bits per heavy atom. The number of rotatable bonds is 2. The van der Waals surface area contributed by atoms with Gasteiger partial charge >= 0.3 is 6.03 Å². The predicted octanol–water partition coefficient (Wildman–Crippen LogP) is 2.04. The van der Waals surface area contributed by atoms with Crippen LogP contribution in [-0.4, -0.2) is 26.4 Å². The first-order valence-electron chi connectivity index (χ1n) is 4.30. The Morgan fingerprint density at radius 1 is 1.53 bits per heavy atom. The Labute approximate surface area is 96.4 Å². The zero-order chi connectivity index (χ0) is 11.4. The summed E-state index contributed by atoms with van der Waals surface area (Å²) in [5, 5.41) is 2.49. The van der Waals surface area contributed by atoms with E-state index in [0.717, 1.165) is 10.8 Å². The first-order valence-corrected chi connectivity index (χ1v) is 5.09. The smallest absolute Gasteiger partial charge is 0.321 e. The monoisotopic (exact) mass is 270 g/mol. The van der Waals surface area contributed by atoms with Crippen molar-refractivity contribution in [3.63, 3.8) is 0 Å². The molecule has 0 aliphatic carbocycles. The van der Waals surface area contributed by atoms with Crippen LogP contribution in [0.4, 0.5) is 10.5 Å². The van der Waals surface area contributed by atoms with E-state index in [-0.39, 0.29) is 6.03 Å².